The normalized spacial score (nSPS) is 10.7. The Morgan fingerprint density at radius 1 is 1.33 bits per heavy atom. The minimum absolute atomic E-state index is 0.0880. The molecule has 0 amide bonds. The minimum atomic E-state index is -0.384. The van der Waals surface area contributed by atoms with Gasteiger partial charge in [0.25, 0.3) is 0 Å². The molecule has 0 saturated carbocycles. The number of Topliss-reactive ketones (excluding diaryl/α,β-unsaturated/α-hetero) is 1. The molecule has 0 saturated heterocycles. The predicted octanol–water partition coefficient (Wildman–Crippen LogP) is 2.60. The predicted molar refractivity (Wildman–Crippen MR) is 67.1 cm³/mol. The van der Waals surface area contributed by atoms with Crippen LogP contribution >= 0.6 is 0 Å². The number of carbonyl (C=O) groups excluding carboxylic acids is 1. The zero-order valence-corrected chi connectivity index (χ0v) is 10.7. The number of hydrogen-bond acceptors (Lipinski definition) is 2. The third kappa shape index (κ3) is 2.47. The lowest BCUT2D eigenvalue weighted by Gasteiger charge is -2.05. The first kappa shape index (κ1) is 12.5. The van der Waals surface area contributed by atoms with Crippen LogP contribution in [0, 0.1) is 19.7 Å². The molecule has 4 heteroatoms. The van der Waals surface area contributed by atoms with Crippen LogP contribution in [0.4, 0.5) is 4.39 Å². The van der Waals surface area contributed by atoms with E-state index >= 15 is 0 Å². The first-order chi connectivity index (χ1) is 8.47. The maximum Gasteiger partial charge on any atom is 0.169 e. The zero-order chi connectivity index (χ0) is 13.3. The summed E-state index contributed by atoms with van der Waals surface area (Å²) < 4.78 is 14.8. The molecule has 0 atom stereocenters. The van der Waals surface area contributed by atoms with Gasteiger partial charge in [0.05, 0.1) is 12.1 Å². The van der Waals surface area contributed by atoms with Gasteiger partial charge >= 0.3 is 0 Å². The molecule has 0 bridgehead atoms. The van der Waals surface area contributed by atoms with Crippen LogP contribution in [0.15, 0.2) is 24.3 Å². The summed E-state index contributed by atoms with van der Waals surface area (Å²) in [6.07, 6.45) is 0.238. The fourth-order valence-corrected chi connectivity index (χ4v) is 1.98. The highest BCUT2D eigenvalue weighted by Crippen LogP contribution is 2.14. The quantitative estimate of drug-likeness (QED) is 0.780. The highest BCUT2D eigenvalue weighted by atomic mass is 19.1. The van der Waals surface area contributed by atoms with Gasteiger partial charge in [-0.15, -0.1) is 0 Å². The molecule has 2 aromatic rings. The molecule has 0 unspecified atom stereocenters. The van der Waals surface area contributed by atoms with E-state index < -0.39 is 0 Å². The Kier molecular flexibility index (Phi) is 3.28. The molecule has 0 aliphatic rings. The van der Waals surface area contributed by atoms with Crippen molar-refractivity contribution in [3.63, 3.8) is 0 Å². The summed E-state index contributed by atoms with van der Waals surface area (Å²) in [5.74, 6) is -0.472. The highest BCUT2D eigenvalue weighted by molar-refractivity contribution is 5.98. The topological polar surface area (TPSA) is 34.9 Å². The number of benzene rings is 1. The van der Waals surface area contributed by atoms with Crippen molar-refractivity contribution in [1.82, 2.24) is 9.78 Å². The number of rotatable bonds is 3. The molecule has 2 rings (SSSR count). The average molecular weight is 246 g/mol. The summed E-state index contributed by atoms with van der Waals surface area (Å²) in [6, 6.07) is 6.14. The maximum absolute atomic E-state index is 13.2. The number of carbonyl (C=O) groups is 1. The summed E-state index contributed by atoms with van der Waals surface area (Å²) in [7, 11) is 1.80. The first-order valence-electron chi connectivity index (χ1n) is 5.76. The van der Waals surface area contributed by atoms with Gasteiger partial charge in [-0.3, -0.25) is 9.48 Å². The molecule has 0 aliphatic carbocycles. The van der Waals surface area contributed by atoms with Crippen molar-refractivity contribution in [3.8, 4) is 0 Å². The summed E-state index contributed by atoms with van der Waals surface area (Å²) >= 11 is 0. The van der Waals surface area contributed by atoms with Gasteiger partial charge < -0.3 is 0 Å². The Labute approximate surface area is 105 Å². The van der Waals surface area contributed by atoms with Crippen LogP contribution in [0.1, 0.15) is 27.3 Å². The average Bonchev–Trinajstić information content (AvgIpc) is 2.61. The molecule has 18 heavy (non-hydrogen) atoms. The van der Waals surface area contributed by atoms with Crippen LogP contribution in [0.25, 0.3) is 0 Å². The van der Waals surface area contributed by atoms with Crippen LogP contribution in [0.2, 0.25) is 0 Å². The van der Waals surface area contributed by atoms with Crippen molar-refractivity contribution in [2.45, 2.75) is 20.3 Å². The Morgan fingerprint density at radius 3 is 2.67 bits per heavy atom. The van der Waals surface area contributed by atoms with Crippen molar-refractivity contribution in [2.75, 3.05) is 0 Å². The Hall–Kier alpha value is -1.97. The van der Waals surface area contributed by atoms with E-state index in [9.17, 15) is 9.18 Å². The van der Waals surface area contributed by atoms with Crippen LogP contribution in [-0.4, -0.2) is 15.6 Å². The van der Waals surface area contributed by atoms with Gasteiger partial charge in [0.2, 0.25) is 0 Å². The molecule has 1 heterocycles. The lowest BCUT2D eigenvalue weighted by atomic mass is 10.0. The Morgan fingerprint density at radius 2 is 2.06 bits per heavy atom. The molecule has 1 aromatic carbocycles. The smallest absolute Gasteiger partial charge is 0.169 e. The van der Waals surface area contributed by atoms with Gasteiger partial charge in [-0.1, -0.05) is 6.07 Å². The SMILES string of the molecule is Cc1cc(CC(=O)c2cc(F)ccc2C)n(C)n1. The zero-order valence-electron chi connectivity index (χ0n) is 10.7. The third-order valence-electron chi connectivity index (χ3n) is 2.94. The van der Waals surface area contributed by atoms with Crippen molar-refractivity contribution < 1.29 is 9.18 Å². The lowest BCUT2D eigenvalue weighted by molar-refractivity contribution is 0.0989. The second-order valence-corrected chi connectivity index (χ2v) is 4.46. The second-order valence-electron chi connectivity index (χ2n) is 4.46. The fraction of sp³-hybridized carbons (Fsp3) is 0.286. The number of nitrogens with zero attached hydrogens (tertiary/aromatic N) is 2. The first-order valence-corrected chi connectivity index (χ1v) is 5.76. The van der Waals surface area contributed by atoms with E-state index in [1.165, 1.54) is 12.1 Å². The van der Waals surface area contributed by atoms with Crippen LogP contribution in [-0.2, 0) is 13.5 Å². The van der Waals surface area contributed by atoms with Crippen molar-refractivity contribution in [2.24, 2.45) is 7.05 Å². The van der Waals surface area contributed by atoms with Gasteiger partial charge in [0.1, 0.15) is 5.82 Å². The third-order valence-corrected chi connectivity index (χ3v) is 2.94. The number of halogens is 1. The summed E-state index contributed by atoms with van der Waals surface area (Å²) in [4.78, 5) is 12.1. The monoisotopic (exact) mass is 246 g/mol. The Bertz CT molecular complexity index is 602. The summed E-state index contributed by atoms with van der Waals surface area (Å²) in [6.45, 7) is 3.68. The van der Waals surface area contributed by atoms with Gasteiger partial charge in [0.15, 0.2) is 5.78 Å². The van der Waals surface area contributed by atoms with Crippen molar-refractivity contribution in [1.29, 1.82) is 0 Å². The number of aromatic nitrogens is 2. The molecule has 3 nitrogen and oxygen atoms in total. The van der Waals surface area contributed by atoms with Crippen molar-refractivity contribution in [3.05, 3.63) is 52.6 Å². The molecule has 0 N–H and O–H groups in total. The molecule has 0 radical (unpaired) electrons. The molecule has 0 fully saturated rings. The summed E-state index contributed by atoms with van der Waals surface area (Å²) in [5, 5.41) is 4.19. The van der Waals surface area contributed by atoms with Crippen molar-refractivity contribution >= 4 is 5.78 Å². The van der Waals surface area contributed by atoms with Crippen LogP contribution in [0.3, 0.4) is 0 Å². The minimum Gasteiger partial charge on any atom is -0.294 e. The van der Waals surface area contributed by atoms with E-state index in [-0.39, 0.29) is 18.0 Å². The largest absolute Gasteiger partial charge is 0.294 e. The standard InChI is InChI=1S/C14H15FN2O/c1-9-4-5-11(15)7-13(9)14(18)8-12-6-10(2)16-17(12)3/h4-7H,8H2,1-3H3. The molecule has 94 valence electrons. The molecular formula is C14H15FN2O. The number of hydrogen-bond donors (Lipinski definition) is 0. The number of ketones is 1. The lowest BCUT2D eigenvalue weighted by Crippen LogP contribution is -2.09. The van der Waals surface area contributed by atoms with E-state index in [0.717, 1.165) is 17.0 Å². The van der Waals surface area contributed by atoms with Gasteiger partial charge in [0, 0.05) is 18.3 Å². The molecule has 0 aliphatic heterocycles. The van der Waals surface area contributed by atoms with E-state index in [1.54, 1.807) is 24.7 Å². The Balaban J connectivity index is 2.27. The highest BCUT2D eigenvalue weighted by Gasteiger charge is 2.13. The van der Waals surface area contributed by atoms with Gasteiger partial charge in [-0.2, -0.15) is 5.10 Å². The van der Waals surface area contributed by atoms with E-state index in [0.29, 0.717) is 5.56 Å². The maximum atomic E-state index is 13.2. The summed E-state index contributed by atoms with van der Waals surface area (Å²) in [5.41, 5.74) is 2.94. The molecular weight excluding hydrogens is 231 g/mol. The number of aryl methyl sites for hydroxylation is 3. The van der Waals surface area contributed by atoms with Gasteiger partial charge in [-0.25, -0.2) is 4.39 Å². The second kappa shape index (κ2) is 4.72. The fourth-order valence-electron chi connectivity index (χ4n) is 1.98. The van der Waals surface area contributed by atoms with Crippen LogP contribution < -0.4 is 0 Å². The van der Waals surface area contributed by atoms with E-state index in [2.05, 4.69) is 5.10 Å². The molecule has 1 aromatic heterocycles. The van der Waals surface area contributed by atoms with Gasteiger partial charge in [-0.05, 0) is 37.6 Å². The molecule has 0 spiro atoms. The van der Waals surface area contributed by atoms with E-state index in [4.69, 9.17) is 0 Å². The van der Waals surface area contributed by atoms with E-state index in [1.807, 2.05) is 13.0 Å². The van der Waals surface area contributed by atoms with Crippen LogP contribution in [0.5, 0.6) is 0 Å².